The van der Waals surface area contributed by atoms with Crippen molar-refractivity contribution in [3.63, 3.8) is 0 Å². The number of hydrogen-bond acceptors (Lipinski definition) is 3. The Kier molecular flexibility index (Phi) is 6.34. The van der Waals surface area contributed by atoms with Gasteiger partial charge in [0, 0.05) is 43.7 Å². The highest BCUT2D eigenvalue weighted by Gasteiger charge is 2.27. The van der Waals surface area contributed by atoms with Crippen LogP contribution in [0.25, 0.3) is 10.9 Å². The summed E-state index contributed by atoms with van der Waals surface area (Å²) in [5.41, 5.74) is 2.29. The van der Waals surface area contributed by atoms with Gasteiger partial charge in [0.25, 0.3) is 0 Å². The molecule has 1 aliphatic heterocycles. The molecule has 2 amide bonds. The van der Waals surface area contributed by atoms with Crippen LogP contribution in [0.1, 0.15) is 31.2 Å². The number of carboxylic acid groups (broad SMARTS) is 1. The standard InChI is InChI=1S/C21H27N3O4/c1-23(14-20(26)24-11-9-15(10-12-24)21(27)28)19(25)8-4-5-16-13-22-18-7-3-2-6-17(16)18/h2-3,6-7,13,15,22H,4-5,8-12,14H2,1H3,(H,27,28). The Hall–Kier alpha value is -2.83. The van der Waals surface area contributed by atoms with E-state index in [1.165, 1.54) is 15.8 Å². The average molecular weight is 385 g/mol. The lowest BCUT2D eigenvalue weighted by Crippen LogP contribution is -2.45. The van der Waals surface area contributed by atoms with Crippen molar-refractivity contribution < 1.29 is 19.5 Å². The molecule has 150 valence electrons. The predicted molar refractivity (Wildman–Crippen MR) is 106 cm³/mol. The minimum Gasteiger partial charge on any atom is -0.481 e. The normalized spacial score (nSPS) is 15.0. The molecule has 7 nitrogen and oxygen atoms in total. The Labute approximate surface area is 164 Å². The molecule has 3 rings (SSSR count). The number of amides is 2. The second-order valence-electron chi connectivity index (χ2n) is 7.46. The molecule has 0 atom stereocenters. The van der Waals surface area contributed by atoms with Gasteiger partial charge in [-0.2, -0.15) is 0 Å². The molecule has 0 spiro atoms. The minimum atomic E-state index is -0.797. The number of likely N-dealkylation sites (tertiary alicyclic amines) is 1. The number of piperidine rings is 1. The number of carbonyl (C=O) groups excluding carboxylic acids is 2. The molecular weight excluding hydrogens is 358 g/mol. The Bertz CT molecular complexity index is 852. The monoisotopic (exact) mass is 385 g/mol. The average Bonchev–Trinajstić information content (AvgIpc) is 3.11. The second-order valence-corrected chi connectivity index (χ2v) is 7.46. The van der Waals surface area contributed by atoms with Gasteiger partial charge in [-0.15, -0.1) is 0 Å². The first-order valence-corrected chi connectivity index (χ1v) is 9.75. The number of hydrogen-bond donors (Lipinski definition) is 2. The molecule has 2 N–H and O–H groups in total. The zero-order chi connectivity index (χ0) is 20.1. The number of nitrogens with one attached hydrogen (secondary N) is 1. The highest BCUT2D eigenvalue weighted by Crippen LogP contribution is 2.20. The van der Waals surface area contributed by atoms with Crippen molar-refractivity contribution in [1.29, 1.82) is 0 Å². The van der Waals surface area contributed by atoms with E-state index in [0.29, 0.717) is 32.4 Å². The van der Waals surface area contributed by atoms with Crippen LogP contribution in [0.3, 0.4) is 0 Å². The molecule has 1 aliphatic rings. The van der Waals surface area contributed by atoms with Crippen molar-refractivity contribution >= 4 is 28.7 Å². The van der Waals surface area contributed by atoms with E-state index < -0.39 is 5.97 Å². The summed E-state index contributed by atoms with van der Waals surface area (Å²) >= 11 is 0. The number of para-hydroxylation sites is 1. The number of aromatic nitrogens is 1. The van der Waals surface area contributed by atoms with Crippen molar-refractivity contribution in [2.45, 2.75) is 32.1 Å². The number of aromatic amines is 1. The first kappa shape index (κ1) is 19.9. The first-order valence-electron chi connectivity index (χ1n) is 9.75. The fraction of sp³-hybridized carbons (Fsp3) is 0.476. The van der Waals surface area contributed by atoms with Crippen LogP contribution >= 0.6 is 0 Å². The van der Waals surface area contributed by atoms with Gasteiger partial charge in [0.15, 0.2) is 0 Å². The van der Waals surface area contributed by atoms with E-state index in [4.69, 9.17) is 5.11 Å². The minimum absolute atomic E-state index is 0.0453. The SMILES string of the molecule is CN(CC(=O)N1CCC(C(=O)O)CC1)C(=O)CCCc1c[nH]c2ccccc12. The van der Waals surface area contributed by atoms with E-state index in [2.05, 4.69) is 11.1 Å². The van der Waals surface area contributed by atoms with Crippen LogP contribution in [-0.4, -0.2) is 64.4 Å². The van der Waals surface area contributed by atoms with Gasteiger partial charge < -0.3 is 19.9 Å². The van der Waals surface area contributed by atoms with Crippen LogP contribution in [-0.2, 0) is 20.8 Å². The van der Waals surface area contributed by atoms with E-state index in [0.717, 1.165) is 18.4 Å². The fourth-order valence-electron chi connectivity index (χ4n) is 3.73. The first-order chi connectivity index (χ1) is 13.5. The van der Waals surface area contributed by atoms with Gasteiger partial charge in [-0.25, -0.2) is 0 Å². The number of carboxylic acids is 1. The summed E-state index contributed by atoms with van der Waals surface area (Å²) in [5.74, 6) is -1.33. The molecule has 1 saturated heterocycles. The van der Waals surface area contributed by atoms with Crippen LogP contribution in [0.5, 0.6) is 0 Å². The van der Waals surface area contributed by atoms with Gasteiger partial charge >= 0.3 is 5.97 Å². The zero-order valence-corrected chi connectivity index (χ0v) is 16.2. The third kappa shape index (κ3) is 4.71. The number of likely N-dealkylation sites (N-methyl/N-ethyl adjacent to an activating group) is 1. The van der Waals surface area contributed by atoms with Crippen LogP contribution in [0.4, 0.5) is 0 Å². The molecule has 1 aromatic heterocycles. The molecule has 0 aliphatic carbocycles. The topological polar surface area (TPSA) is 93.7 Å². The maximum Gasteiger partial charge on any atom is 0.306 e. The van der Waals surface area contributed by atoms with Crippen LogP contribution < -0.4 is 0 Å². The lowest BCUT2D eigenvalue weighted by atomic mass is 9.97. The summed E-state index contributed by atoms with van der Waals surface area (Å²) in [5, 5.41) is 10.2. The summed E-state index contributed by atoms with van der Waals surface area (Å²) in [7, 11) is 1.65. The number of aliphatic carboxylic acids is 1. The van der Waals surface area contributed by atoms with Gasteiger partial charge in [0.05, 0.1) is 12.5 Å². The molecule has 0 bridgehead atoms. The lowest BCUT2D eigenvalue weighted by Gasteiger charge is -2.31. The van der Waals surface area contributed by atoms with E-state index in [1.807, 2.05) is 24.4 Å². The molecule has 2 aromatic rings. The number of aryl methyl sites for hydroxylation is 1. The molecule has 1 fully saturated rings. The third-order valence-electron chi connectivity index (χ3n) is 5.51. The molecule has 2 heterocycles. The summed E-state index contributed by atoms with van der Waals surface area (Å²) in [6, 6.07) is 8.09. The maximum absolute atomic E-state index is 12.4. The van der Waals surface area contributed by atoms with E-state index in [9.17, 15) is 14.4 Å². The van der Waals surface area contributed by atoms with Crippen LogP contribution in [0.2, 0.25) is 0 Å². The van der Waals surface area contributed by atoms with Gasteiger partial charge in [-0.05, 0) is 37.3 Å². The Morgan fingerprint density at radius 3 is 2.64 bits per heavy atom. The predicted octanol–water partition coefficient (Wildman–Crippen LogP) is 2.27. The maximum atomic E-state index is 12.4. The van der Waals surface area contributed by atoms with Gasteiger partial charge in [-0.3, -0.25) is 14.4 Å². The largest absolute Gasteiger partial charge is 0.481 e. The number of H-pyrrole nitrogens is 1. The van der Waals surface area contributed by atoms with Gasteiger partial charge in [0.1, 0.15) is 0 Å². The highest BCUT2D eigenvalue weighted by molar-refractivity contribution is 5.85. The lowest BCUT2D eigenvalue weighted by molar-refractivity contribution is -0.146. The van der Waals surface area contributed by atoms with Crippen molar-refractivity contribution in [3.8, 4) is 0 Å². The van der Waals surface area contributed by atoms with Crippen molar-refractivity contribution in [2.24, 2.45) is 5.92 Å². The summed E-state index contributed by atoms with van der Waals surface area (Å²) < 4.78 is 0. The van der Waals surface area contributed by atoms with Gasteiger partial charge in [0.2, 0.25) is 11.8 Å². The second kappa shape index (κ2) is 8.91. The van der Waals surface area contributed by atoms with Crippen LogP contribution in [0, 0.1) is 5.92 Å². The number of rotatable bonds is 7. The molecule has 0 radical (unpaired) electrons. The summed E-state index contributed by atoms with van der Waals surface area (Å²) in [4.78, 5) is 42.1. The van der Waals surface area contributed by atoms with E-state index in [1.54, 1.807) is 11.9 Å². The molecule has 1 aromatic carbocycles. The molecular formula is C21H27N3O4. The zero-order valence-electron chi connectivity index (χ0n) is 16.2. The van der Waals surface area contributed by atoms with Crippen molar-refractivity contribution in [1.82, 2.24) is 14.8 Å². The Morgan fingerprint density at radius 1 is 1.21 bits per heavy atom. The number of fused-ring (bicyclic) bond motifs is 1. The molecule has 0 unspecified atom stereocenters. The highest BCUT2D eigenvalue weighted by atomic mass is 16.4. The molecule has 28 heavy (non-hydrogen) atoms. The van der Waals surface area contributed by atoms with Crippen molar-refractivity contribution in [3.05, 3.63) is 36.0 Å². The number of carbonyl (C=O) groups is 3. The Morgan fingerprint density at radius 2 is 1.93 bits per heavy atom. The number of benzene rings is 1. The van der Waals surface area contributed by atoms with E-state index >= 15 is 0 Å². The van der Waals surface area contributed by atoms with Gasteiger partial charge in [-0.1, -0.05) is 18.2 Å². The quantitative estimate of drug-likeness (QED) is 0.765. The third-order valence-corrected chi connectivity index (χ3v) is 5.51. The van der Waals surface area contributed by atoms with E-state index in [-0.39, 0.29) is 24.3 Å². The molecule has 0 saturated carbocycles. The molecule has 7 heteroatoms. The number of nitrogens with zero attached hydrogens (tertiary/aromatic N) is 2. The van der Waals surface area contributed by atoms with Crippen molar-refractivity contribution in [2.75, 3.05) is 26.7 Å². The van der Waals surface area contributed by atoms with Crippen LogP contribution in [0.15, 0.2) is 30.5 Å². The smallest absolute Gasteiger partial charge is 0.306 e. The fourth-order valence-corrected chi connectivity index (χ4v) is 3.73. The summed E-state index contributed by atoms with van der Waals surface area (Å²) in [6.07, 6.45) is 4.86. The summed E-state index contributed by atoms with van der Waals surface area (Å²) in [6.45, 7) is 0.931. The Balaban J connectivity index is 1.42.